The Hall–Kier alpha value is 0.0743. The van der Waals surface area contributed by atoms with E-state index in [1.165, 1.54) is 23.5 Å². The summed E-state index contributed by atoms with van der Waals surface area (Å²) < 4.78 is 1.36. The van der Waals surface area contributed by atoms with Crippen molar-refractivity contribution in [2.24, 2.45) is 11.8 Å². The first-order chi connectivity index (χ1) is 16.7. The molecular weight excluding hydrogens is 565 g/mol. The average Bonchev–Trinajstić information content (AvgIpc) is 3.31. The number of benzene rings is 2. The van der Waals surface area contributed by atoms with Gasteiger partial charge in [-0.1, -0.05) is 0 Å². The van der Waals surface area contributed by atoms with Gasteiger partial charge in [-0.3, -0.25) is 0 Å². The van der Waals surface area contributed by atoms with Gasteiger partial charge in [0.1, 0.15) is 0 Å². The molecule has 0 heterocycles. The maximum atomic E-state index is 2.65. The Morgan fingerprint density at radius 1 is 0.622 bits per heavy atom. The largest absolute Gasteiger partial charge is 1.00 e. The second-order valence-electron chi connectivity index (χ2n) is 11.7. The van der Waals surface area contributed by atoms with Crippen LogP contribution in [0.25, 0.3) is 12.2 Å². The summed E-state index contributed by atoms with van der Waals surface area (Å²) in [5.41, 5.74) is 7.78. The minimum absolute atomic E-state index is 0. The van der Waals surface area contributed by atoms with E-state index in [2.05, 4.69) is 116 Å². The van der Waals surface area contributed by atoms with Crippen molar-refractivity contribution < 1.29 is 44.0 Å². The van der Waals surface area contributed by atoms with Crippen LogP contribution in [0.15, 0.2) is 59.2 Å². The fourth-order valence-corrected chi connectivity index (χ4v) is 17.1. The van der Waals surface area contributed by atoms with Crippen LogP contribution in [0.4, 0.5) is 0 Å². The molecule has 2 aliphatic carbocycles. The molecule has 4 rings (SSSR count). The molecule has 0 saturated carbocycles. The predicted molar refractivity (Wildman–Crippen MR) is 158 cm³/mol. The third kappa shape index (κ3) is 7.63. The van der Waals surface area contributed by atoms with Gasteiger partial charge in [-0.05, 0) is 0 Å². The summed E-state index contributed by atoms with van der Waals surface area (Å²) in [5.74, 6) is 1.53. The Kier molecular flexibility index (Phi) is 13.2. The fourth-order valence-electron chi connectivity index (χ4n) is 5.99. The number of hydrogen-bond acceptors (Lipinski definition) is 0. The van der Waals surface area contributed by atoms with E-state index in [9.17, 15) is 0 Å². The summed E-state index contributed by atoms with van der Waals surface area (Å²) in [4.78, 5) is 0. The van der Waals surface area contributed by atoms with Crippen molar-refractivity contribution in [2.45, 2.75) is 75.2 Å². The number of hydrogen-bond donors (Lipinski definition) is 0. The molecule has 0 fully saturated rings. The summed E-state index contributed by atoms with van der Waals surface area (Å²) in [5, 5.41) is 3.65. The van der Waals surface area contributed by atoms with Crippen LogP contribution >= 0.6 is 15.8 Å². The molecule has 0 radical (unpaired) electrons. The maximum absolute atomic E-state index is 2.65. The molecule has 2 aliphatic rings. The normalized spacial score (nSPS) is 18.1. The van der Waals surface area contributed by atoms with Crippen molar-refractivity contribution in [1.29, 1.82) is 0 Å². The van der Waals surface area contributed by atoms with Crippen molar-refractivity contribution in [3.8, 4) is 0 Å². The molecule has 200 valence electrons. The Balaban J connectivity index is 0.00000241. The van der Waals surface area contributed by atoms with Gasteiger partial charge in [0, 0.05) is 0 Å². The zero-order valence-electron chi connectivity index (χ0n) is 23.8. The summed E-state index contributed by atoms with van der Waals surface area (Å²) >= 11 is -0.299. The third-order valence-corrected chi connectivity index (χ3v) is 17.5. The van der Waals surface area contributed by atoms with Crippen LogP contribution in [0.2, 0.25) is 0 Å². The van der Waals surface area contributed by atoms with Crippen molar-refractivity contribution >= 4 is 28.0 Å². The second-order valence-corrected chi connectivity index (χ2v) is 19.8. The van der Waals surface area contributed by atoms with E-state index >= 15 is 0 Å². The fraction of sp³-hybridized carbons (Fsp3) is 0.500. The average molecular weight is 609 g/mol. The van der Waals surface area contributed by atoms with Gasteiger partial charge in [-0.25, -0.2) is 0 Å². The van der Waals surface area contributed by atoms with Gasteiger partial charge in [0.25, 0.3) is 0 Å². The van der Waals surface area contributed by atoms with E-state index < -0.39 is 0 Å². The predicted octanol–water partition coefficient (Wildman–Crippen LogP) is 4.36. The minimum Gasteiger partial charge on any atom is -1.00 e. The van der Waals surface area contributed by atoms with E-state index in [0.29, 0.717) is 8.45 Å². The summed E-state index contributed by atoms with van der Waals surface area (Å²) in [6.45, 7) is 19.6. The van der Waals surface area contributed by atoms with Crippen LogP contribution < -0.4 is 24.8 Å². The van der Waals surface area contributed by atoms with Gasteiger partial charge in [-0.15, -0.1) is 0 Å². The van der Waals surface area contributed by atoms with Gasteiger partial charge < -0.3 is 24.8 Å². The molecule has 0 N–H and O–H groups in total. The number of allylic oxidation sites excluding steroid dienone is 2. The standard InChI is InChI=1S/C17H24P.C15H20P.2ClH.Ti/c1-13(2)11-18(12-14(3)4)17-9-15-7-5-6-8-16(15)10-17;1-11(2)16(12(3)4)15-9-13-7-5-6-8-14(13)10-15;;;/h5-10,13-14H,11-12H2,1-4H3;5-12H,1-4H3;2*1H;/q;;;;+2/p-2. The smallest absolute Gasteiger partial charge is 1.00 e. The molecule has 2 aromatic carbocycles. The second kappa shape index (κ2) is 14.6. The van der Waals surface area contributed by atoms with Gasteiger partial charge in [0.2, 0.25) is 0 Å². The minimum atomic E-state index is -0.299. The zero-order chi connectivity index (χ0) is 25.3. The Morgan fingerprint density at radius 3 is 1.46 bits per heavy atom. The van der Waals surface area contributed by atoms with E-state index in [-0.39, 0.29) is 59.8 Å². The van der Waals surface area contributed by atoms with Crippen LogP contribution in [0, 0.1) is 11.8 Å². The van der Waals surface area contributed by atoms with Crippen LogP contribution in [0.3, 0.4) is 0 Å². The van der Waals surface area contributed by atoms with E-state index in [0.717, 1.165) is 23.2 Å². The molecule has 5 heteroatoms. The molecule has 2 aromatic rings. The first kappa shape index (κ1) is 33.3. The number of rotatable bonds is 10. The quantitative estimate of drug-likeness (QED) is 0.278. The molecule has 0 aromatic heterocycles. The summed E-state index contributed by atoms with van der Waals surface area (Å²) in [6, 6.07) is 18.7. The van der Waals surface area contributed by atoms with E-state index in [4.69, 9.17) is 0 Å². The molecule has 0 spiro atoms. The maximum Gasteiger partial charge on any atom is -1.00 e. The molecule has 0 aliphatic heterocycles. The zero-order valence-corrected chi connectivity index (χ0v) is 28.7. The molecule has 2 unspecified atom stereocenters. The Labute approximate surface area is 251 Å². The van der Waals surface area contributed by atoms with E-state index in [1.807, 2.05) is 10.6 Å². The first-order valence-corrected chi connectivity index (χ1v) is 18.6. The van der Waals surface area contributed by atoms with Crippen molar-refractivity contribution in [3.05, 3.63) is 81.4 Å². The van der Waals surface area contributed by atoms with Gasteiger partial charge in [0.05, 0.1) is 0 Å². The molecular formula is C32H44Cl2P2Ti. The van der Waals surface area contributed by atoms with Gasteiger partial charge >= 0.3 is 228 Å². The van der Waals surface area contributed by atoms with Crippen LogP contribution in [0.5, 0.6) is 0 Å². The SMILES string of the molecule is CC(C)CP(CC(C)C)C1=Cc2ccccc2[CH]1[Ti+2][CH]1C(P(C(C)C)C(C)C)=Cc2ccccc21.[Cl-].[Cl-]. The number of fused-ring (bicyclic) bond motifs is 2. The molecule has 0 saturated heterocycles. The van der Waals surface area contributed by atoms with E-state index in [1.54, 1.807) is 11.1 Å². The monoisotopic (exact) mass is 608 g/mol. The van der Waals surface area contributed by atoms with Crippen molar-refractivity contribution in [1.82, 2.24) is 0 Å². The third-order valence-electron chi connectivity index (χ3n) is 7.09. The molecule has 0 nitrogen and oxygen atoms in total. The van der Waals surface area contributed by atoms with Gasteiger partial charge in [-0.2, -0.15) is 0 Å². The van der Waals surface area contributed by atoms with Crippen LogP contribution in [-0.4, -0.2) is 23.6 Å². The molecule has 0 amide bonds. The number of halogens is 2. The van der Waals surface area contributed by atoms with Gasteiger partial charge in [0.15, 0.2) is 0 Å². The molecule has 0 bridgehead atoms. The summed E-state index contributed by atoms with van der Waals surface area (Å²) in [6.07, 6.45) is 8.04. The molecule has 2 atom stereocenters. The Morgan fingerprint density at radius 2 is 1.03 bits per heavy atom. The molecule has 37 heavy (non-hydrogen) atoms. The van der Waals surface area contributed by atoms with Crippen LogP contribution in [-0.2, 0) is 19.2 Å². The topological polar surface area (TPSA) is 0 Å². The first-order valence-electron chi connectivity index (χ1n) is 13.6. The van der Waals surface area contributed by atoms with Crippen LogP contribution in [0.1, 0.15) is 86.1 Å². The van der Waals surface area contributed by atoms with Crippen molar-refractivity contribution in [2.75, 3.05) is 12.3 Å². The summed E-state index contributed by atoms with van der Waals surface area (Å²) in [7, 11) is -0.222. The Bertz CT molecular complexity index is 1070. The van der Waals surface area contributed by atoms with Crippen molar-refractivity contribution in [3.63, 3.8) is 0 Å².